The molecule has 0 saturated heterocycles. The van der Waals surface area contributed by atoms with Crippen LogP contribution in [0.4, 0.5) is 0 Å². The summed E-state index contributed by atoms with van der Waals surface area (Å²) in [6.45, 7) is 4.00. The van der Waals surface area contributed by atoms with Crippen LogP contribution in [0.15, 0.2) is 78.9 Å². The van der Waals surface area contributed by atoms with Gasteiger partial charge in [-0.2, -0.15) is 0 Å². The van der Waals surface area contributed by atoms with Gasteiger partial charge in [0.15, 0.2) is 6.10 Å². The Morgan fingerprint density at radius 1 is 0.882 bits per heavy atom. The number of aromatic hydroxyl groups is 1. The smallest absolute Gasteiger partial charge is 0.333 e. The topological polar surface area (TPSA) is 76.0 Å². The van der Waals surface area contributed by atoms with Crippen LogP contribution in [-0.2, 0) is 16.0 Å². The van der Waals surface area contributed by atoms with Gasteiger partial charge in [-0.15, -0.1) is 0 Å². The highest BCUT2D eigenvalue weighted by Crippen LogP contribution is 2.24. The molecule has 5 nitrogen and oxygen atoms in total. The van der Waals surface area contributed by atoms with Crippen molar-refractivity contribution in [2.75, 3.05) is 7.11 Å². The molecule has 34 heavy (non-hydrogen) atoms. The van der Waals surface area contributed by atoms with Crippen molar-refractivity contribution in [3.05, 3.63) is 84.4 Å². The fourth-order valence-corrected chi connectivity index (χ4v) is 3.67. The maximum absolute atomic E-state index is 10.9. The molecule has 3 aromatic rings. The van der Waals surface area contributed by atoms with Crippen molar-refractivity contribution < 1.29 is 24.5 Å². The van der Waals surface area contributed by atoms with E-state index in [2.05, 4.69) is 0 Å². The molecule has 0 bridgehead atoms. The molecule has 1 unspecified atom stereocenters. The van der Waals surface area contributed by atoms with Crippen LogP contribution in [0.1, 0.15) is 45.1 Å². The van der Waals surface area contributed by atoms with E-state index in [0.29, 0.717) is 18.3 Å². The zero-order valence-electron chi connectivity index (χ0n) is 20.3. The first-order valence-corrected chi connectivity index (χ1v) is 11.9. The average Bonchev–Trinajstić information content (AvgIpc) is 3.39. The number of phenolic OH excluding ortho intramolecular Hbond substituents is 1. The van der Waals surface area contributed by atoms with Crippen molar-refractivity contribution in [1.82, 2.24) is 0 Å². The Bertz CT molecular complexity index is 946. The van der Waals surface area contributed by atoms with Gasteiger partial charge < -0.3 is 19.7 Å². The molecule has 0 aromatic heterocycles. The Kier molecular flexibility index (Phi) is 11.7. The van der Waals surface area contributed by atoms with E-state index in [1.165, 1.54) is 25.5 Å². The number of carboxylic acids is 1. The van der Waals surface area contributed by atoms with Gasteiger partial charge in [-0.05, 0) is 66.6 Å². The van der Waals surface area contributed by atoms with Crippen LogP contribution in [0.25, 0.3) is 11.1 Å². The van der Waals surface area contributed by atoms with Crippen LogP contribution in [0.5, 0.6) is 11.5 Å². The summed E-state index contributed by atoms with van der Waals surface area (Å²) >= 11 is 0. The van der Waals surface area contributed by atoms with E-state index in [-0.39, 0.29) is 0 Å². The van der Waals surface area contributed by atoms with Crippen LogP contribution < -0.4 is 4.74 Å². The van der Waals surface area contributed by atoms with Gasteiger partial charge in [0.2, 0.25) is 0 Å². The predicted octanol–water partition coefficient (Wildman–Crippen LogP) is 6.74. The largest absolute Gasteiger partial charge is 0.508 e. The van der Waals surface area contributed by atoms with Gasteiger partial charge in [-0.1, -0.05) is 68.4 Å². The predicted molar refractivity (Wildman–Crippen MR) is 136 cm³/mol. The monoisotopic (exact) mass is 464 g/mol. The van der Waals surface area contributed by atoms with Crippen molar-refractivity contribution in [1.29, 1.82) is 0 Å². The van der Waals surface area contributed by atoms with Gasteiger partial charge in [0.1, 0.15) is 11.5 Å². The Morgan fingerprint density at radius 3 is 1.97 bits per heavy atom. The Hall–Kier alpha value is -3.31. The Morgan fingerprint density at radius 2 is 1.44 bits per heavy atom. The van der Waals surface area contributed by atoms with Crippen LogP contribution in [0, 0.1) is 0 Å². The highest BCUT2D eigenvalue weighted by atomic mass is 16.5. The summed E-state index contributed by atoms with van der Waals surface area (Å²) < 4.78 is 10.8. The average molecular weight is 465 g/mol. The SMILES string of the molecule is CC.COC(Cc1ccc(OC2CCCC2)cc1)C(=O)O.Oc1ccc(-c2ccccc2)cc1. The molecule has 5 heteroatoms. The number of methoxy groups -OCH3 is 1. The summed E-state index contributed by atoms with van der Waals surface area (Å²) in [6, 6.07) is 24.9. The number of phenols is 1. The molecule has 182 valence electrons. The first-order chi connectivity index (χ1) is 16.5. The molecule has 0 spiro atoms. The second-order valence-corrected chi connectivity index (χ2v) is 7.85. The lowest BCUT2D eigenvalue weighted by Crippen LogP contribution is -2.24. The molecular formula is C29H36O5. The zero-order chi connectivity index (χ0) is 24.8. The Labute approximate surface area is 203 Å². The van der Waals surface area contributed by atoms with Crippen molar-refractivity contribution in [3.63, 3.8) is 0 Å². The first-order valence-electron chi connectivity index (χ1n) is 11.9. The highest BCUT2D eigenvalue weighted by molar-refractivity contribution is 5.72. The van der Waals surface area contributed by atoms with Gasteiger partial charge in [-0.25, -0.2) is 4.79 Å². The minimum absolute atomic E-state index is 0.305. The quantitative estimate of drug-likeness (QED) is 0.405. The van der Waals surface area contributed by atoms with Gasteiger partial charge >= 0.3 is 5.97 Å². The first kappa shape index (κ1) is 26.9. The summed E-state index contributed by atoms with van der Waals surface area (Å²) in [7, 11) is 1.41. The molecule has 0 aliphatic heterocycles. The Balaban J connectivity index is 0.000000237. The van der Waals surface area contributed by atoms with E-state index < -0.39 is 12.1 Å². The molecule has 0 amide bonds. The number of carboxylic acid groups (broad SMARTS) is 1. The number of ether oxygens (including phenoxy) is 2. The second-order valence-electron chi connectivity index (χ2n) is 7.85. The van der Waals surface area contributed by atoms with Gasteiger partial charge in [0.25, 0.3) is 0 Å². The molecule has 1 fully saturated rings. The normalized spacial score (nSPS) is 13.6. The molecule has 1 saturated carbocycles. The number of benzene rings is 3. The van der Waals surface area contributed by atoms with Crippen molar-refractivity contribution in [2.45, 2.75) is 58.2 Å². The molecular weight excluding hydrogens is 428 g/mol. The minimum Gasteiger partial charge on any atom is -0.508 e. The van der Waals surface area contributed by atoms with Crippen molar-refractivity contribution in [2.24, 2.45) is 0 Å². The maximum atomic E-state index is 10.9. The lowest BCUT2D eigenvalue weighted by atomic mass is 10.1. The third kappa shape index (κ3) is 8.91. The molecule has 1 aliphatic carbocycles. The second kappa shape index (κ2) is 14.8. The van der Waals surface area contributed by atoms with Gasteiger partial charge in [-0.3, -0.25) is 0 Å². The van der Waals surface area contributed by atoms with E-state index in [1.54, 1.807) is 12.1 Å². The van der Waals surface area contributed by atoms with Crippen LogP contribution >= 0.6 is 0 Å². The van der Waals surface area contributed by atoms with E-state index in [0.717, 1.165) is 29.7 Å². The molecule has 3 aromatic carbocycles. The molecule has 1 aliphatic rings. The molecule has 1 atom stereocenters. The van der Waals surface area contributed by atoms with Gasteiger partial charge in [0.05, 0.1) is 6.10 Å². The summed E-state index contributed by atoms with van der Waals surface area (Å²) in [5.41, 5.74) is 3.23. The minimum atomic E-state index is -0.936. The number of hydrogen-bond acceptors (Lipinski definition) is 4. The number of carbonyl (C=O) groups is 1. The van der Waals surface area contributed by atoms with E-state index in [1.807, 2.05) is 80.6 Å². The van der Waals surface area contributed by atoms with Crippen LogP contribution in [0.2, 0.25) is 0 Å². The highest BCUT2D eigenvalue weighted by Gasteiger charge is 2.18. The fraction of sp³-hybridized carbons (Fsp3) is 0.345. The maximum Gasteiger partial charge on any atom is 0.333 e. The zero-order valence-corrected chi connectivity index (χ0v) is 20.3. The molecule has 2 N–H and O–H groups in total. The summed E-state index contributed by atoms with van der Waals surface area (Å²) in [4.78, 5) is 10.9. The summed E-state index contributed by atoms with van der Waals surface area (Å²) in [5, 5.41) is 18.0. The van der Waals surface area contributed by atoms with Crippen molar-refractivity contribution >= 4 is 5.97 Å². The van der Waals surface area contributed by atoms with E-state index in [4.69, 9.17) is 19.7 Å². The van der Waals surface area contributed by atoms with Crippen LogP contribution in [-0.4, -0.2) is 35.5 Å². The van der Waals surface area contributed by atoms with Crippen LogP contribution in [0.3, 0.4) is 0 Å². The van der Waals surface area contributed by atoms with Crippen molar-refractivity contribution in [3.8, 4) is 22.6 Å². The third-order valence-electron chi connectivity index (χ3n) is 5.48. The fourth-order valence-electron chi connectivity index (χ4n) is 3.67. The van der Waals surface area contributed by atoms with E-state index in [9.17, 15) is 4.79 Å². The molecule has 4 rings (SSSR count). The third-order valence-corrected chi connectivity index (χ3v) is 5.48. The summed E-state index contributed by atoms with van der Waals surface area (Å²) in [5.74, 6) is 0.230. The number of rotatable bonds is 7. The number of aliphatic carboxylic acids is 1. The van der Waals surface area contributed by atoms with E-state index >= 15 is 0 Å². The molecule has 0 heterocycles. The molecule has 0 radical (unpaired) electrons. The number of hydrogen-bond donors (Lipinski definition) is 2. The lowest BCUT2D eigenvalue weighted by Gasteiger charge is -2.14. The van der Waals surface area contributed by atoms with Gasteiger partial charge in [0, 0.05) is 13.5 Å². The summed E-state index contributed by atoms with van der Waals surface area (Å²) in [6.07, 6.45) is 4.68. The lowest BCUT2D eigenvalue weighted by molar-refractivity contribution is -0.148. The standard InChI is InChI=1S/C15H20O4.C12H10O.C2H6/c1-18-14(15(16)17)10-11-6-8-13(9-7-11)19-12-4-2-3-5-12;13-12-8-6-11(7-9-12)10-4-2-1-3-5-10;1-2/h6-9,12,14H,2-5,10H2,1H3,(H,16,17);1-9,13H;1-2H3.